The number of morpholine rings is 1. The molecule has 2 aromatic rings. The van der Waals surface area contributed by atoms with Crippen molar-refractivity contribution in [3.63, 3.8) is 0 Å². The summed E-state index contributed by atoms with van der Waals surface area (Å²) in [4.78, 5) is 38.3. The van der Waals surface area contributed by atoms with Gasteiger partial charge in [-0.15, -0.1) is 0 Å². The van der Waals surface area contributed by atoms with Crippen molar-refractivity contribution in [2.45, 2.75) is 25.3 Å². The predicted molar refractivity (Wildman–Crippen MR) is 117 cm³/mol. The Labute approximate surface area is 180 Å². The van der Waals surface area contributed by atoms with Crippen LogP contribution in [0.15, 0.2) is 30.5 Å². The smallest absolute Gasteiger partial charge is 0.318 e. The number of anilines is 3. The molecule has 2 aliphatic heterocycles. The third-order valence-corrected chi connectivity index (χ3v) is 6.21. The second kappa shape index (κ2) is 7.49. The monoisotopic (exact) mass is 422 g/mol. The van der Waals surface area contributed by atoms with Gasteiger partial charge < -0.3 is 25.2 Å². The van der Waals surface area contributed by atoms with Gasteiger partial charge in [-0.2, -0.15) is 0 Å². The van der Waals surface area contributed by atoms with E-state index in [0.29, 0.717) is 43.7 Å². The Morgan fingerprint density at radius 3 is 2.77 bits per heavy atom. The molecule has 0 spiro atoms. The maximum atomic E-state index is 13.4. The molecule has 2 fully saturated rings. The van der Waals surface area contributed by atoms with E-state index in [1.54, 1.807) is 13.2 Å². The number of amides is 3. The number of nitrogens with zero attached hydrogens (tertiary/aromatic N) is 4. The van der Waals surface area contributed by atoms with E-state index in [2.05, 4.69) is 20.5 Å². The van der Waals surface area contributed by atoms with E-state index < -0.39 is 5.54 Å². The molecule has 31 heavy (non-hydrogen) atoms. The maximum Gasteiger partial charge on any atom is 0.318 e. The van der Waals surface area contributed by atoms with Gasteiger partial charge in [-0.25, -0.2) is 14.8 Å². The molecule has 3 amide bonds. The number of hydrogen-bond donors (Lipinski definition) is 2. The molecule has 0 bridgehead atoms. The van der Waals surface area contributed by atoms with Crippen LogP contribution in [0.2, 0.25) is 0 Å². The number of urea groups is 1. The van der Waals surface area contributed by atoms with Crippen LogP contribution in [0.1, 0.15) is 19.8 Å². The molecule has 1 saturated carbocycles. The number of rotatable bonds is 4. The van der Waals surface area contributed by atoms with Crippen LogP contribution in [0, 0.1) is 5.92 Å². The minimum absolute atomic E-state index is 0.0626. The lowest BCUT2D eigenvalue weighted by Crippen LogP contribution is -2.67. The van der Waals surface area contributed by atoms with E-state index in [9.17, 15) is 9.59 Å². The van der Waals surface area contributed by atoms with Gasteiger partial charge in [0.15, 0.2) is 11.6 Å². The molecule has 9 heteroatoms. The molecule has 1 aromatic carbocycles. The molecule has 1 aliphatic carbocycles. The van der Waals surface area contributed by atoms with Gasteiger partial charge in [0.25, 0.3) is 5.91 Å². The zero-order valence-electron chi connectivity index (χ0n) is 17.7. The first-order valence-corrected chi connectivity index (χ1v) is 10.6. The average Bonchev–Trinajstić information content (AvgIpc) is 3.61. The predicted octanol–water partition coefficient (Wildman–Crippen LogP) is 2.25. The summed E-state index contributed by atoms with van der Waals surface area (Å²) in [5, 5.41) is 5.27. The van der Waals surface area contributed by atoms with Gasteiger partial charge in [-0.3, -0.25) is 4.79 Å². The molecule has 0 unspecified atom stereocenters. The van der Waals surface area contributed by atoms with Gasteiger partial charge in [0, 0.05) is 31.4 Å². The Morgan fingerprint density at radius 2 is 2.06 bits per heavy atom. The molecule has 3 aliphatic rings. The van der Waals surface area contributed by atoms with Crippen LogP contribution in [-0.4, -0.2) is 60.8 Å². The van der Waals surface area contributed by atoms with E-state index in [1.807, 2.05) is 36.1 Å². The van der Waals surface area contributed by atoms with E-state index in [0.717, 1.165) is 29.9 Å². The van der Waals surface area contributed by atoms with Crippen LogP contribution in [0.3, 0.4) is 0 Å². The van der Waals surface area contributed by atoms with Crippen molar-refractivity contribution in [3.05, 3.63) is 30.5 Å². The lowest BCUT2D eigenvalue weighted by molar-refractivity contribution is -0.127. The lowest BCUT2D eigenvalue weighted by Gasteiger charge is -2.50. The highest BCUT2D eigenvalue weighted by Gasteiger charge is 2.51. The number of carbonyl (C=O) groups is 2. The molecule has 9 nitrogen and oxygen atoms in total. The number of carbonyl (C=O) groups excluding carboxylic acids is 2. The fraction of sp³-hybridized carbons (Fsp3) is 0.455. The zero-order chi connectivity index (χ0) is 21.6. The van der Waals surface area contributed by atoms with Gasteiger partial charge in [0.2, 0.25) is 0 Å². The quantitative estimate of drug-likeness (QED) is 0.784. The molecule has 162 valence electrons. The first-order chi connectivity index (χ1) is 15.0. The molecule has 0 radical (unpaired) electrons. The highest BCUT2D eigenvalue weighted by atomic mass is 16.5. The summed E-state index contributed by atoms with van der Waals surface area (Å²) in [5.74, 6) is 1.98. The van der Waals surface area contributed by atoms with Crippen molar-refractivity contribution < 1.29 is 14.3 Å². The summed E-state index contributed by atoms with van der Waals surface area (Å²) < 4.78 is 5.69. The highest BCUT2D eigenvalue weighted by Crippen LogP contribution is 2.43. The van der Waals surface area contributed by atoms with Crippen LogP contribution in [0.4, 0.5) is 22.0 Å². The Balaban J connectivity index is 1.51. The molecule has 1 aromatic heterocycles. The molecule has 5 rings (SSSR count). The largest absolute Gasteiger partial charge is 0.377 e. The van der Waals surface area contributed by atoms with E-state index in [1.165, 1.54) is 0 Å². The summed E-state index contributed by atoms with van der Waals surface area (Å²) in [6.45, 7) is 4.17. The zero-order valence-corrected chi connectivity index (χ0v) is 17.7. The highest BCUT2D eigenvalue weighted by molar-refractivity contribution is 6.08. The van der Waals surface area contributed by atoms with Gasteiger partial charge in [0.05, 0.1) is 19.4 Å². The van der Waals surface area contributed by atoms with Crippen LogP contribution < -0.4 is 20.4 Å². The fourth-order valence-electron chi connectivity index (χ4n) is 4.20. The topological polar surface area (TPSA) is 99.7 Å². The minimum atomic E-state index is -0.757. The van der Waals surface area contributed by atoms with Crippen molar-refractivity contribution in [2.75, 3.05) is 48.5 Å². The second-order valence-electron chi connectivity index (χ2n) is 8.52. The molecule has 2 N–H and O–H groups in total. The van der Waals surface area contributed by atoms with Gasteiger partial charge in [-0.05, 0) is 49.9 Å². The summed E-state index contributed by atoms with van der Waals surface area (Å²) in [5.41, 5.74) is 1.54. The van der Waals surface area contributed by atoms with E-state index in [-0.39, 0.29) is 11.9 Å². The summed E-state index contributed by atoms with van der Waals surface area (Å²) in [6.07, 6.45) is 4.08. The minimum Gasteiger partial charge on any atom is -0.377 e. The number of aromatic nitrogens is 2. The number of nitrogens with one attached hydrogen (secondary N) is 2. The van der Waals surface area contributed by atoms with Gasteiger partial charge in [-0.1, -0.05) is 0 Å². The number of benzene rings is 1. The number of fused-ring (bicyclic) bond motifs is 3. The first kappa shape index (κ1) is 19.7. The molecule has 1 atom stereocenters. The SMILES string of the molecule is CNC(=O)Nc1ccc(-c2ncc3c(n2)N2CCOC[C@]2(C)C(=O)N3CC2CC2)cc1. The van der Waals surface area contributed by atoms with Crippen LogP contribution in [0.5, 0.6) is 0 Å². The molecule has 1 saturated heterocycles. The standard InChI is InChI=1S/C22H26N6O3/c1-22-13-31-10-9-28(22)19-17(27(20(22)29)12-14-3-4-14)11-24-18(26-19)15-5-7-16(8-6-15)25-21(30)23-2/h5-8,11,14H,3-4,9-10,12-13H2,1-2H3,(H2,23,25,30)/t22-/m1/s1. The molecule has 3 heterocycles. The third kappa shape index (κ3) is 3.48. The van der Waals surface area contributed by atoms with Crippen molar-refractivity contribution in [3.8, 4) is 11.4 Å². The van der Waals surface area contributed by atoms with Gasteiger partial charge >= 0.3 is 6.03 Å². The van der Waals surface area contributed by atoms with Crippen molar-refractivity contribution >= 4 is 29.1 Å². The maximum absolute atomic E-state index is 13.4. The summed E-state index contributed by atoms with van der Waals surface area (Å²) >= 11 is 0. The Kier molecular flexibility index (Phi) is 4.77. The summed E-state index contributed by atoms with van der Waals surface area (Å²) in [7, 11) is 1.57. The molecular formula is C22H26N6O3. The molecular weight excluding hydrogens is 396 g/mol. The van der Waals surface area contributed by atoms with Crippen molar-refractivity contribution in [1.29, 1.82) is 0 Å². The average molecular weight is 422 g/mol. The van der Waals surface area contributed by atoms with Crippen LogP contribution in [-0.2, 0) is 9.53 Å². The Morgan fingerprint density at radius 1 is 1.29 bits per heavy atom. The Hall–Kier alpha value is -3.20. The van der Waals surface area contributed by atoms with Crippen molar-refractivity contribution in [2.24, 2.45) is 5.92 Å². The number of ether oxygens (including phenoxy) is 1. The summed E-state index contributed by atoms with van der Waals surface area (Å²) in [6, 6.07) is 7.11. The Bertz CT molecular complexity index is 1020. The third-order valence-electron chi connectivity index (χ3n) is 6.21. The second-order valence-corrected chi connectivity index (χ2v) is 8.52. The fourth-order valence-corrected chi connectivity index (χ4v) is 4.20. The normalized spacial score (nSPS) is 22.6. The lowest BCUT2D eigenvalue weighted by atomic mass is 9.93. The number of hydrogen-bond acceptors (Lipinski definition) is 6. The van der Waals surface area contributed by atoms with Gasteiger partial charge in [0.1, 0.15) is 11.2 Å². The first-order valence-electron chi connectivity index (χ1n) is 10.6. The van der Waals surface area contributed by atoms with Crippen molar-refractivity contribution in [1.82, 2.24) is 15.3 Å². The van der Waals surface area contributed by atoms with E-state index >= 15 is 0 Å². The van der Waals surface area contributed by atoms with Crippen LogP contribution in [0.25, 0.3) is 11.4 Å². The van der Waals surface area contributed by atoms with Crippen LogP contribution >= 0.6 is 0 Å². The van der Waals surface area contributed by atoms with E-state index in [4.69, 9.17) is 9.72 Å².